The van der Waals surface area contributed by atoms with Gasteiger partial charge in [0.1, 0.15) is 12.1 Å². The van der Waals surface area contributed by atoms with E-state index in [0.717, 1.165) is 16.6 Å². The first-order valence-corrected chi connectivity index (χ1v) is 9.20. The van der Waals surface area contributed by atoms with Crippen LogP contribution >= 0.6 is 0 Å². The van der Waals surface area contributed by atoms with Gasteiger partial charge in [0.15, 0.2) is 0 Å². The zero-order valence-electron chi connectivity index (χ0n) is 16.5. The van der Waals surface area contributed by atoms with Crippen molar-refractivity contribution in [3.8, 4) is 11.3 Å². The molecule has 7 heteroatoms. The number of pyridine rings is 1. The van der Waals surface area contributed by atoms with Crippen LogP contribution in [0, 0.1) is 0 Å². The highest BCUT2D eigenvalue weighted by Crippen LogP contribution is 2.21. The number of rotatable bonds is 4. The summed E-state index contributed by atoms with van der Waals surface area (Å²) in [6.45, 7) is 4.98. The Morgan fingerprint density at radius 2 is 1.76 bits per heavy atom. The summed E-state index contributed by atoms with van der Waals surface area (Å²) in [5, 5.41) is 6.28. The second kappa shape index (κ2) is 8.18. The SMILES string of the molecule is CC(C)(C)OC(=O)NCC(=O)Nc1ccc2cc(-c3ccccc3)[nH]c(=O)c2c1. The third-order valence-electron chi connectivity index (χ3n) is 4.01. The van der Waals surface area contributed by atoms with Gasteiger partial charge in [0, 0.05) is 16.8 Å². The van der Waals surface area contributed by atoms with Crippen LogP contribution in [0.2, 0.25) is 0 Å². The van der Waals surface area contributed by atoms with Crippen LogP contribution < -0.4 is 16.2 Å². The number of nitrogens with one attached hydrogen (secondary N) is 3. The minimum atomic E-state index is -0.670. The van der Waals surface area contributed by atoms with Crippen LogP contribution in [0.25, 0.3) is 22.0 Å². The van der Waals surface area contributed by atoms with E-state index >= 15 is 0 Å². The van der Waals surface area contributed by atoms with E-state index in [9.17, 15) is 14.4 Å². The average Bonchev–Trinajstić information content (AvgIpc) is 2.66. The Morgan fingerprint density at radius 3 is 2.45 bits per heavy atom. The van der Waals surface area contributed by atoms with Crippen LogP contribution in [0.4, 0.5) is 10.5 Å². The minimum absolute atomic E-state index is 0.240. The van der Waals surface area contributed by atoms with Crippen molar-refractivity contribution in [3.05, 3.63) is 65.0 Å². The molecule has 1 aromatic heterocycles. The first-order chi connectivity index (χ1) is 13.7. The molecule has 2 amide bonds. The largest absolute Gasteiger partial charge is 0.444 e. The summed E-state index contributed by atoms with van der Waals surface area (Å²) in [6.07, 6.45) is -0.670. The number of carbonyl (C=O) groups is 2. The van der Waals surface area contributed by atoms with Gasteiger partial charge in [0.05, 0.1) is 0 Å². The minimum Gasteiger partial charge on any atom is -0.444 e. The highest BCUT2D eigenvalue weighted by atomic mass is 16.6. The fraction of sp³-hybridized carbons (Fsp3) is 0.227. The summed E-state index contributed by atoms with van der Waals surface area (Å²) in [6, 6.07) is 16.5. The van der Waals surface area contributed by atoms with Gasteiger partial charge in [-0.05, 0) is 49.9 Å². The quantitative estimate of drug-likeness (QED) is 0.630. The molecule has 0 aliphatic rings. The zero-order chi connectivity index (χ0) is 21.0. The molecule has 0 unspecified atom stereocenters. The molecule has 0 bridgehead atoms. The van der Waals surface area contributed by atoms with E-state index in [-0.39, 0.29) is 12.1 Å². The number of fused-ring (bicyclic) bond motifs is 1. The standard InChI is InChI=1S/C22H23N3O4/c1-22(2,3)29-21(28)23-13-19(26)24-16-10-9-15-11-18(14-7-5-4-6-8-14)25-20(27)17(15)12-16/h4-12H,13H2,1-3H3,(H,23,28)(H,24,26)(H,25,27). The predicted molar refractivity (Wildman–Crippen MR) is 113 cm³/mol. The lowest BCUT2D eigenvalue weighted by Gasteiger charge is -2.19. The fourth-order valence-electron chi connectivity index (χ4n) is 2.78. The number of carbonyl (C=O) groups excluding carboxylic acids is 2. The molecule has 0 spiro atoms. The number of amides is 2. The topological polar surface area (TPSA) is 100 Å². The molecule has 2 aromatic carbocycles. The number of hydrogen-bond acceptors (Lipinski definition) is 4. The average molecular weight is 393 g/mol. The molecule has 3 rings (SSSR count). The number of hydrogen-bond donors (Lipinski definition) is 3. The smallest absolute Gasteiger partial charge is 0.408 e. The number of alkyl carbamates (subject to hydrolysis) is 1. The summed E-state index contributed by atoms with van der Waals surface area (Å²) >= 11 is 0. The van der Waals surface area contributed by atoms with Crippen molar-refractivity contribution in [2.24, 2.45) is 0 Å². The summed E-state index contributed by atoms with van der Waals surface area (Å²) in [5.74, 6) is -0.424. The van der Waals surface area contributed by atoms with Crippen LogP contribution in [0.1, 0.15) is 20.8 Å². The normalized spacial score (nSPS) is 11.1. The van der Waals surface area contributed by atoms with Gasteiger partial charge in [-0.3, -0.25) is 9.59 Å². The predicted octanol–water partition coefficient (Wildman–Crippen LogP) is 3.66. The van der Waals surface area contributed by atoms with Gasteiger partial charge in [-0.25, -0.2) is 4.79 Å². The molecule has 0 fully saturated rings. The molecule has 29 heavy (non-hydrogen) atoms. The molecule has 3 aromatic rings. The molecule has 3 N–H and O–H groups in total. The second-order valence-electron chi connectivity index (χ2n) is 7.58. The van der Waals surface area contributed by atoms with Crippen molar-refractivity contribution >= 4 is 28.5 Å². The lowest BCUT2D eigenvalue weighted by atomic mass is 10.1. The summed E-state index contributed by atoms with van der Waals surface area (Å²) in [7, 11) is 0. The van der Waals surface area contributed by atoms with E-state index in [1.165, 1.54) is 0 Å². The summed E-state index contributed by atoms with van der Waals surface area (Å²) < 4.78 is 5.08. The molecule has 0 saturated carbocycles. The molecule has 150 valence electrons. The molecule has 1 heterocycles. The fourth-order valence-corrected chi connectivity index (χ4v) is 2.78. The number of benzene rings is 2. The number of aromatic amines is 1. The van der Waals surface area contributed by atoms with E-state index in [0.29, 0.717) is 11.1 Å². The Labute approximate surface area is 168 Å². The van der Waals surface area contributed by atoms with Crippen LogP contribution in [-0.2, 0) is 9.53 Å². The maximum atomic E-state index is 12.5. The van der Waals surface area contributed by atoms with Crippen molar-refractivity contribution in [1.82, 2.24) is 10.3 Å². The summed E-state index contributed by atoms with van der Waals surface area (Å²) in [4.78, 5) is 39.1. The van der Waals surface area contributed by atoms with Gasteiger partial charge in [-0.15, -0.1) is 0 Å². The van der Waals surface area contributed by atoms with Crippen molar-refractivity contribution in [3.63, 3.8) is 0 Å². The van der Waals surface area contributed by atoms with Crippen LogP contribution in [0.5, 0.6) is 0 Å². The molecule has 7 nitrogen and oxygen atoms in total. The van der Waals surface area contributed by atoms with Gasteiger partial charge >= 0.3 is 6.09 Å². The maximum absolute atomic E-state index is 12.5. The van der Waals surface area contributed by atoms with Gasteiger partial charge < -0.3 is 20.4 Å². The Morgan fingerprint density at radius 1 is 1.03 bits per heavy atom. The molecule has 0 saturated heterocycles. The number of anilines is 1. The van der Waals surface area contributed by atoms with E-state index in [4.69, 9.17) is 4.74 Å². The zero-order valence-corrected chi connectivity index (χ0v) is 16.5. The number of aromatic nitrogens is 1. The van der Waals surface area contributed by atoms with E-state index in [1.54, 1.807) is 39.0 Å². The number of H-pyrrole nitrogens is 1. The van der Waals surface area contributed by atoms with Gasteiger partial charge in [0.2, 0.25) is 5.91 Å². The lowest BCUT2D eigenvalue weighted by molar-refractivity contribution is -0.115. The molecule has 0 aliphatic heterocycles. The van der Waals surface area contributed by atoms with E-state index in [1.807, 2.05) is 36.4 Å². The Bertz CT molecular complexity index is 1100. The molecule has 0 atom stereocenters. The van der Waals surface area contributed by atoms with Crippen molar-refractivity contribution in [2.45, 2.75) is 26.4 Å². The van der Waals surface area contributed by atoms with E-state index in [2.05, 4.69) is 15.6 Å². The van der Waals surface area contributed by atoms with Crippen LogP contribution in [0.3, 0.4) is 0 Å². The van der Waals surface area contributed by atoms with Gasteiger partial charge in [-0.2, -0.15) is 0 Å². The summed E-state index contributed by atoms with van der Waals surface area (Å²) in [5.41, 5.74) is 1.22. The highest BCUT2D eigenvalue weighted by Gasteiger charge is 2.16. The van der Waals surface area contributed by atoms with Crippen molar-refractivity contribution < 1.29 is 14.3 Å². The third-order valence-corrected chi connectivity index (χ3v) is 4.01. The van der Waals surface area contributed by atoms with E-state index < -0.39 is 17.6 Å². The molecular formula is C22H23N3O4. The Balaban J connectivity index is 1.71. The second-order valence-corrected chi connectivity index (χ2v) is 7.58. The molecular weight excluding hydrogens is 370 g/mol. The third kappa shape index (κ3) is 5.44. The first kappa shape index (κ1) is 20.1. The maximum Gasteiger partial charge on any atom is 0.408 e. The van der Waals surface area contributed by atoms with Crippen LogP contribution in [0.15, 0.2) is 59.4 Å². The molecule has 0 radical (unpaired) electrons. The molecule has 0 aliphatic carbocycles. The first-order valence-electron chi connectivity index (χ1n) is 9.20. The van der Waals surface area contributed by atoms with Crippen molar-refractivity contribution in [2.75, 3.05) is 11.9 Å². The van der Waals surface area contributed by atoms with Crippen LogP contribution in [-0.4, -0.2) is 29.1 Å². The van der Waals surface area contributed by atoms with Crippen molar-refractivity contribution in [1.29, 1.82) is 0 Å². The lowest BCUT2D eigenvalue weighted by Crippen LogP contribution is -2.37. The number of ether oxygens (including phenoxy) is 1. The van der Waals surface area contributed by atoms with Gasteiger partial charge in [0.25, 0.3) is 5.56 Å². The monoisotopic (exact) mass is 393 g/mol. The highest BCUT2D eigenvalue weighted by molar-refractivity contribution is 5.96. The Kier molecular flexibility index (Phi) is 5.68. The Hall–Kier alpha value is -3.61. The van der Waals surface area contributed by atoms with Gasteiger partial charge in [-0.1, -0.05) is 36.4 Å².